The van der Waals surface area contributed by atoms with E-state index in [2.05, 4.69) is 18.3 Å². The predicted molar refractivity (Wildman–Crippen MR) is 118 cm³/mol. The second kappa shape index (κ2) is 9.80. The molecule has 1 atom stereocenters. The van der Waals surface area contributed by atoms with Crippen molar-refractivity contribution in [3.63, 3.8) is 0 Å². The molecular weight excluding hydrogens is 386 g/mol. The number of carbonyl (C=O) groups excluding carboxylic acids is 2. The number of nitrogens with zero attached hydrogens (tertiary/aromatic N) is 2. The first-order valence-electron chi connectivity index (χ1n) is 9.64. The molecule has 6 nitrogen and oxygen atoms in total. The highest BCUT2D eigenvalue weighted by molar-refractivity contribution is 8.00. The number of carbonyl (C=O) groups is 2. The Labute approximate surface area is 176 Å². The van der Waals surface area contributed by atoms with Gasteiger partial charge in [-0.3, -0.25) is 14.5 Å². The number of benzene rings is 2. The van der Waals surface area contributed by atoms with E-state index < -0.39 is 0 Å². The lowest BCUT2D eigenvalue weighted by molar-refractivity contribution is -0.121. The van der Waals surface area contributed by atoms with Crippen LogP contribution in [0.5, 0.6) is 5.75 Å². The van der Waals surface area contributed by atoms with Crippen LogP contribution in [0.1, 0.15) is 13.3 Å². The Morgan fingerprint density at radius 2 is 1.90 bits per heavy atom. The number of rotatable bonds is 6. The minimum atomic E-state index is -0.161. The lowest BCUT2D eigenvalue weighted by Crippen LogP contribution is -2.42. The number of nitrogens with one attached hydrogen (secondary N) is 1. The molecule has 1 aliphatic heterocycles. The first-order chi connectivity index (χ1) is 14.0. The maximum absolute atomic E-state index is 13.0. The zero-order valence-electron chi connectivity index (χ0n) is 17.1. The summed E-state index contributed by atoms with van der Waals surface area (Å²) in [6, 6.07) is 15.2. The van der Waals surface area contributed by atoms with Gasteiger partial charge in [-0.05, 0) is 49.9 Å². The number of likely N-dealkylation sites (N-methyl/N-ethyl adjacent to an activating group) is 1. The molecule has 0 fully saturated rings. The van der Waals surface area contributed by atoms with Crippen molar-refractivity contribution < 1.29 is 14.3 Å². The van der Waals surface area contributed by atoms with Crippen LogP contribution in [0.25, 0.3) is 0 Å². The number of amides is 2. The Kier molecular flexibility index (Phi) is 7.17. The zero-order chi connectivity index (χ0) is 20.8. The first-order valence-corrected chi connectivity index (χ1v) is 10.5. The molecule has 3 rings (SSSR count). The summed E-state index contributed by atoms with van der Waals surface area (Å²) >= 11 is 1.81. The summed E-state index contributed by atoms with van der Waals surface area (Å²) in [6.07, 6.45) is 0.937. The lowest BCUT2D eigenvalue weighted by Gasteiger charge is -2.25. The van der Waals surface area contributed by atoms with Crippen LogP contribution < -0.4 is 15.0 Å². The summed E-state index contributed by atoms with van der Waals surface area (Å²) in [5.74, 6) is 0.578. The van der Waals surface area contributed by atoms with Crippen molar-refractivity contribution in [2.45, 2.75) is 23.5 Å². The highest BCUT2D eigenvalue weighted by Gasteiger charge is 2.25. The number of fused-ring (bicyclic) bond motifs is 1. The molecule has 0 unspecified atom stereocenters. The van der Waals surface area contributed by atoms with Crippen LogP contribution in [0.15, 0.2) is 53.4 Å². The van der Waals surface area contributed by atoms with Gasteiger partial charge in [-0.25, -0.2) is 0 Å². The van der Waals surface area contributed by atoms with Gasteiger partial charge in [0.1, 0.15) is 5.75 Å². The maximum atomic E-state index is 13.0. The van der Waals surface area contributed by atoms with Crippen molar-refractivity contribution in [2.75, 3.05) is 44.0 Å². The fourth-order valence-electron chi connectivity index (χ4n) is 3.24. The molecule has 7 heteroatoms. The summed E-state index contributed by atoms with van der Waals surface area (Å²) in [5.41, 5.74) is 1.66. The van der Waals surface area contributed by atoms with Gasteiger partial charge in [0.05, 0.1) is 25.9 Å². The fraction of sp³-hybridized carbons (Fsp3) is 0.364. The molecule has 2 aromatic rings. The summed E-state index contributed by atoms with van der Waals surface area (Å²) in [6.45, 7) is 3.20. The molecule has 2 amide bonds. The molecule has 1 N–H and O–H groups in total. The molecule has 0 aromatic heterocycles. The van der Waals surface area contributed by atoms with Crippen molar-refractivity contribution in [1.82, 2.24) is 4.90 Å². The summed E-state index contributed by atoms with van der Waals surface area (Å²) in [5, 5.41) is 3.30. The van der Waals surface area contributed by atoms with Crippen LogP contribution in [-0.4, -0.2) is 55.8 Å². The van der Waals surface area contributed by atoms with Gasteiger partial charge in [0, 0.05) is 22.4 Å². The molecule has 0 bridgehead atoms. The summed E-state index contributed by atoms with van der Waals surface area (Å²) < 4.78 is 5.12. The molecule has 1 aliphatic rings. The van der Waals surface area contributed by atoms with Crippen LogP contribution >= 0.6 is 11.8 Å². The van der Waals surface area contributed by atoms with E-state index in [1.54, 1.807) is 55.1 Å². The Balaban J connectivity index is 1.57. The van der Waals surface area contributed by atoms with E-state index in [4.69, 9.17) is 4.74 Å². The minimum absolute atomic E-state index is 0.00639. The van der Waals surface area contributed by atoms with Crippen molar-refractivity contribution in [2.24, 2.45) is 0 Å². The molecule has 0 saturated carbocycles. The van der Waals surface area contributed by atoms with Gasteiger partial charge in [0.15, 0.2) is 0 Å². The van der Waals surface area contributed by atoms with Crippen LogP contribution in [0.4, 0.5) is 11.4 Å². The Bertz CT molecular complexity index is 857. The number of hydrogen-bond donors (Lipinski definition) is 1. The fourth-order valence-corrected chi connectivity index (χ4v) is 4.35. The van der Waals surface area contributed by atoms with Crippen LogP contribution in [0.2, 0.25) is 0 Å². The molecule has 0 aliphatic carbocycles. The summed E-state index contributed by atoms with van der Waals surface area (Å²) in [7, 11) is 3.38. The molecule has 0 spiro atoms. The minimum Gasteiger partial charge on any atom is -0.497 e. The third-order valence-electron chi connectivity index (χ3n) is 4.74. The van der Waals surface area contributed by atoms with E-state index in [-0.39, 0.29) is 24.9 Å². The highest BCUT2D eigenvalue weighted by Crippen LogP contribution is 2.37. The Morgan fingerprint density at radius 3 is 2.62 bits per heavy atom. The number of thioether (sulfide) groups is 1. The van der Waals surface area contributed by atoms with Gasteiger partial charge in [-0.1, -0.05) is 19.1 Å². The SMILES string of the molecule is COc1ccc(NC(=O)CN(C)CC(=O)N2CC[C@@H](C)Sc3ccccc32)cc1. The second-order valence-corrected chi connectivity index (χ2v) is 8.66. The van der Waals surface area contributed by atoms with Gasteiger partial charge < -0.3 is 15.0 Å². The number of hydrogen-bond acceptors (Lipinski definition) is 5. The van der Waals surface area contributed by atoms with Gasteiger partial charge >= 0.3 is 0 Å². The van der Waals surface area contributed by atoms with Crippen LogP contribution in [-0.2, 0) is 9.59 Å². The number of ether oxygens (including phenoxy) is 1. The Hall–Kier alpha value is -2.51. The van der Waals surface area contributed by atoms with Crippen LogP contribution in [0, 0.1) is 0 Å². The van der Waals surface area contributed by atoms with Gasteiger partial charge in [-0.15, -0.1) is 11.8 Å². The van der Waals surface area contributed by atoms with E-state index >= 15 is 0 Å². The average molecular weight is 414 g/mol. The van der Waals surface area contributed by atoms with Crippen LogP contribution in [0.3, 0.4) is 0 Å². The van der Waals surface area contributed by atoms with E-state index in [1.807, 2.05) is 23.1 Å². The third-order valence-corrected chi connectivity index (χ3v) is 5.97. The van der Waals surface area contributed by atoms with Crippen molar-refractivity contribution >= 4 is 35.0 Å². The van der Waals surface area contributed by atoms with Crippen molar-refractivity contribution in [3.05, 3.63) is 48.5 Å². The standard InChI is InChI=1S/C22H27N3O3S/c1-16-12-13-25(19-6-4-5-7-20(19)29-16)22(27)15-24(2)14-21(26)23-17-8-10-18(28-3)11-9-17/h4-11,16H,12-15H2,1-3H3,(H,23,26)/t16-/m1/s1. The third kappa shape index (κ3) is 5.74. The number of methoxy groups -OCH3 is 1. The topological polar surface area (TPSA) is 61.9 Å². The van der Waals surface area contributed by atoms with E-state index in [0.29, 0.717) is 17.5 Å². The molecule has 2 aromatic carbocycles. The van der Waals surface area contributed by atoms with E-state index in [1.165, 1.54) is 0 Å². The van der Waals surface area contributed by atoms with Gasteiger partial charge in [0.2, 0.25) is 11.8 Å². The van der Waals surface area contributed by atoms with Gasteiger partial charge in [0.25, 0.3) is 0 Å². The molecule has 1 heterocycles. The van der Waals surface area contributed by atoms with Gasteiger partial charge in [-0.2, -0.15) is 0 Å². The van der Waals surface area contributed by atoms with Crippen molar-refractivity contribution in [3.8, 4) is 5.75 Å². The second-order valence-electron chi connectivity index (χ2n) is 7.18. The Morgan fingerprint density at radius 1 is 1.17 bits per heavy atom. The monoisotopic (exact) mass is 413 g/mol. The molecule has 29 heavy (non-hydrogen) atoms. The van der Waals surface area contributed by atoms with E-state index in [9.17, 15) is 9.59 Å². The number of anilines is 2. The predicted octanol–water partition coefficient (Wildman–Crippen LogP) is 3.48. The largest absolute Gasteiger partial charge is 0.497 e. The smallest absolute Gasteiger partial charge is 0.241 e. The van der Waals surface area contributed by atoms with E-state index in [0.717, 1.165) is 22.8 Å². The lowest BCUT2D eigenvalue weighted by atomic mass is 10.2. The summed E-state index contributed by atoms with van der Waals surface area (Å²) in [4.78, 5) is 30.0. The maximum Gasteiger partial charge on any atom is 0.241 e. The average Bonchev–Trinajstić information content (AvgIpc) is 2.86. The highest BCUT2D eigenvalue weighted by atomic mass is 32.2. The molecule has 0 radical (unpaired) electrons. The first kappa shape index (κ1) is 21.2. The normalized spacial score (nSPS) is 16.1. The zero-order valence-corrected chi connectivity index (χ0v) is 17.9. The molecular formula is C22H27N3O3S. The number of para-hydroxylation sites is 1. The molecule has 0 saturated heterocycles. The quantitative estimate of drug-likeness (QED) is 0.786. The molecule has 154 valence electrons. The van der Waals surface area contributed by atoms with Crippen molar-refractivity contribution in [1.29, 1.82) is 0 Å².